The molecule has 1 aromatic heterocycles. The molecule has 2 N–H and O–H groups in total. The van der Waals surface area contributed by atoms with E-state index in [2.05, 4.69) is 4.98 Å². The molecular formula is C14H13FN2O2. The Bertz CT molecular complexity index is 614. The Morgan fingerprint density at radius 2 is 2.21 bits per heavy atom. The minimum Gasteiger partial charge on any atom is -0.457 e. The van der Waals surface area contributed by atoms with Gasteiger partial charge in [0.2, 0.25) is 0 Å². The Morgan fingerprint density at radius 1 is 1.42 bits per heavy atom. The van der Waals surface area contributed by atoms with E-state index in [0.717, 1.165) is 6.20 Å². The van der Waals surface area contributed by atoms with Gasteiger partial charge in [-0.3, -0.25) is 4.98 Å². The molecule has 0 unspecified atom stereocenters. The number of nitrogen functional groups attached to an aromatic ring is 1. The lowest BCUT2D eigenvalue weighted by molar-refractivity contribution is 0.0471. The molecule has 0 spiro atoms. The number of nitrogens with two attached hydrogens (primary N) is 1. The Morgan fingerprint density at radius 3 is 2.95 bits per heavy atom. The molecule has 0 fully saturated rings. The molecule has 1 aromatic carbocycles. The quantitative estimate of drug-likeness (QED) is 0.680. The number of carbonyl (C=O) groups excluding carboxylic acids is 1. The number of nitrogens with zero attached hydrogens (tertiary/aromatic N) is 1. The summed E-state index contributed by atoms with van der Waals surface area (Å²) in [6, 6.07) is 6.30. The summed E-state index contributed by atoms with van der Waals surface area (Å²) in [5.41, 5.74) is 7.82. The summed E-state index contributed by atoms with van der Waals surface area (Å²) in [5.74, 6) is -0.956. The minimum absolute atomic E-state index is 0.0299. The number of benzene rings is 1. The van der Waals surface area contributed by atoms with Gasteiger partial charge in [0.25, 0.3) is 0 Å². The van der Waals surface area contributed by atoms with Crippen LogP contribution in [-0.2, 0) is 11.3 Å². The number of ether oxygens (including phenoxy) is 1. The van der Waals surface area contributed by atoms with Gasteiger partial charge in [-0.25, -0.2) is 9.18 Å². The second-order valence-electron chi connectivity index (χ2n) is 4.11. The lowest BCUT2D eigenvalue weighted by atomic mass is 10.1. The lowest BCUT2D eigenvalue weighted by Gasteiger charge is -2.08. The van der Waals surface area contributed by atoms with Gasteiger partial charge in [-0.15, -0.1) is 0 Å². The minimum atomic E-state index is -0.492. The van der Waals surface area contributed by atoms with Crippen LogP contribution in [0.5, 0.6) is 0 Å². The molecular weight excluding hydrogens is 247 g/mol. The highest BCUT2D eigenvalue weighted by Crippen LogP contribution is 2.17. The van der Waals surface area contributed by atoms with Crippen molar-refractivity contribution in [3.63, 3.8) is 0 Å². The molecule has 5 heteroatoms. The number of esters is 1. The molecule has 0 amide bonds. The summed E-state index contributed by atoms with van der Waals surface area (Å²) in [7, 11) is 0. The van der Waals surface area contributed by atoms with E-state index in [1.54, 1.807) is 25.1 Å². The highest BCUT2D eigenvalue weighted by molar-refractivity contribution is 5.92. The van der Waals surface area contributed by atoms with Crippen molar-refractivity contribution in [3.8, 4) is 0 Å². The van der Waals surface area contributed by atoms with Crippen molar-refractivity contribution in [3.05, 3.63) is 59.2 Å². The molecule has 1 heterocycles. The Balaban J connectivity index is 2.08. The molecule has 0 saturated carbocycles. The van der Waals surface area contributed by atoms with Crippen LogP contribution in [0.25, 0.3) is 0 Å². The zero-order valence-corrected chi connectivity index (χ0v) is 10.4. The molecule has 0 radical (unpaired) electrons. The third-order valence-electron chi connectivity index (χ3n) is 2.73. The molecule has 98 valence electrons. The molecule has 2 rings (SSSR count). The van der Waals surface area contributed by atoms with Gasteiger partial charge in [0, 0.05) is 17.4 Å². The second kappa shape index (κ2) is 5.48. The van der Waals surface area contributed by atoms with Crippen molar-refractivity contribution < 1.29 is 13.9 Å². The number of aromatic nitrogens is 1. The van der Waals surface area contributed by atoms with Gasteiger partial charge in [0.15, 0.2) is 0 Å². The van der Waals surface area contributed by atoms with E-state index >= 15 is 0 Å². The maximum atomic E-state index is 12.9. The zero-order valence-electron chi connectivity index (χ0n) is 10.4. The van der Waals surface area contributed by atoms with Crippen LogP contribution in [0.1, 0.15) is 21.5 Å². The van der Waals surface area contributed by atoms with Crippen LogP contribution < -0.4 is 5.73 Å². The summed E-state index contributed by atoms with van der Waals surface area (Å²) >= 11 is 0. The number of hydrogen-bond donors (Lipinski definition) is 1. The zero-order chi connectivity index (χ0) is 13.8. The van der Waals surface area contributed by atoms with E-state index in [0.29, 0.717) is 22.4 Å². The maximum absolute atomic E-state index is 12.9. The van der Waals surface area contributed by atoms with E-state index < -0.39 is 11.8 Å². The molecule has 19 heavy (non-hydrogen) atoms. The molecule has 0 atom stereocenters. The number of carbonyl (C=O) groups is 1. The molecule has 0 aliphatic rings. The van der Waals surface area contributed by atoms with E-state index in [1.165, 1.54) is 12.3 Å². The van der Waals surface area contributed by atoms with Crippen molar-refractivity contribution in [2.45, 2.75) is 13.5 Å². The highest BCUT2D eigenvalue weighted by Gasteiger charge is 2.12. The lowest BCUT2D eigenvalue weighted by Crippen LogP contribution is -2.08. The fourth-order valence-corrected chi connectivity index (χ4v) is 1.64. The second-order valence-corrected chi connectivity index (χ2v) is 4.11. The van der Waals surface area contributed by atoms with Crippen LogP contribution in [0, 0.1) is 12.7 Å². The average molecular weight is 260 g/mol. The molecule has 0 bridgehead atoms. The van der Waals surface area contributed by atoms with Gasteiger partial charge in [-0.1, -0.05) is 6.07 Å². The van der Waals surface area contributed by atoms with Crippen molar-refractivity contribution in [2.75, 3.05) is 5.73 Å². The van der Waals surface area contributed by atoms with Gasteiger partial charge in [0.1, 0.15) is 12.4 Å². The third kappa shape index (κ3) is 3.07. The Hall–Kier alpha value is -2.43. The van der Waals surface area contributed by atoms with Crippen LogP contribution in [0.3, 0.4) is 0 Å². The monoisotopic (exact) mass is 260 g/mol. The number of anilines is 1. The third-order valence-corrected chi connectivity index (χ3v) is 2.73. The number of pyridine rings is 1. The first-order valence-corrected chi connectivity index (χ1v) is 5.69. The van der Waals surface area contributed by atoms with E-state index in [-0.39, 0.29) is 6.61 Å². The molecule has 0 aliphatic carbocycles. The van der Waals surface area contributed by atoms with Crippen molar-refractivity contribution in [1.82, 2.24) is 4.98 Å². The highest BCUT2D eigenvalue weighted by atomic mass is 19.1. The van der Waals surface area contributed by atoms with Gasteiger partial charge < -0.3 is 10.5 Å². The molecule has 0 aliphatic heterocycles. The van der Waals surface area contributed by atoms with Crippen molar-refractivity contribution in [2.24, 2.45) is 0 Å². The first-order chi connectivity index (χ1) is 9.08. The fourth-order valence-electron chi connectivity index (χ4n) is 1.64. The number of rotatable bonds is 3. The van der Waals surface area contributed by atoms with Gasteiger partial charge in [-0.05, 0) is 30.7 Å². The van der Waals surface area contributed by atoms with Crippen LogP contribution in [-0.4, -0.2) is 11.0 Å². The largest absolute Gasteiger partial charge is 0.457 e. The van der Waals surface area contributed by atoms with E-state index in [1.807, 2.05) is 0 Å². The molecule has 4 nitrogen and oxygen atoms in total. The van der Waals surface area contributed by atoms with Crippen LogP contribution in [0.2, 0.25) is 0 Å². The topological polar surface area (TPSA) is 65.2 Å². The van der Waals surface area contributed by atoms with Crippen molar-refractivity contribution >= 4 is 11.7 Å². The van der Waals surface area contributed by atoms with Crippen molar-refractivity contribution in [1.29, 1.82) is 0 Å². The summed E-state index contributed by atoms with van der Waals surface area (Å²) in [5, 5.41) is 0. The Labute approximate surface area is 110 Å². The van der Waals surface area contributed by atoms with Gasteiger partial charge in [0.05, 0.1) is 11.8 Å². The average Bonchev–Trinajstić information content (AvgIpc) is 2.39. The van der Waals surface area contributed by atoms with E-state index in [4.69, 9.17) is 10.5 Å². The van der Waals surface area contributed by atoms with Crippen LogP contribution in [0.4, 0.5) is 10.1 Å². The van der Waals surface area contributed by atoms with E-state index in [9.17, 15) is 9.18 Å². The summed E-state index contributed by atoms with van der Waals surface area (Å²) in [4.78, 5) is 15.6. The standard InChI is InChI=1S/C14H13FN2O2/c1-9-12(3-2-4-13(9)16)14(18)19-8-10-5-11(15)7-17-6-10/h2-7H,8,16H2,1H3. The smallest absolute Gasteiger partial charge is 0.338 e. The predicted molar refractivity (Wildman–Crippen MR) is 68.9 cm³/mol. The summed E-state index contributed by atoms with van der Waals surface area (Å²) in [6.45, 7) is 1.72. The maximum Gasteiger partial charge on any atom is 0.338 e. The number of hydrogen-bond acceptors (Lipinski definition) is 4. The first-order valence-electron chi connectivity index (χ1n) is 5.69. The predicted octanol–water partition coefficient (Wildman–Crippen LogP) is 2.47. The molecule has 2 aromatic rings. The summed E-state index contributed by atoms with van der Waals surface area (Å²) < 4.78 is 18.0. The molecule has 0 saturated heterocycles. The van der Waals surface area contributed by atoms with Gasteiger partial charge in [-0.2, -0.15) is 0 Å². The van der Waals surface area contributed by atoms with Crippen LogP contribution in [0.15, 0.2) is 36.7 Å². The normalized spacial score (nSPS) is 10.2. The summed E-state index contributed by atoms with van der Waals surface area (Å²) in [6.07, 6.45) is 2.54. The van der Waals surface area contributed by atoms with Gasteiger partial charge >= 0.3 is 5.97 Å². The SMILES string of the molecule is Cc1c(N)cccc1C(=O)OCc1cncc(F)c1. The Kier molecular flexibility index (Phi) is 3.75. The number of halogens is 1. The fraction of sp³-hybridized carbons (Fsp3) is 0.143. The van der Waals surface area contributed by atoms with Crippen LogP contribution >= 0.6 is 0 Å². The first kappa shape index (κ1) is 13.0.